The van der Waals surface area contributed by atoms with Crippen LogP contribution in [0.25, 0.3) is 0 Å². The number of carbonyl (C=O) groups excluding carboxylic acids is 1. The Hall–Kier alpha value is -1.26. The summed E-state index contributed by atoms with van der Waals surface area (Å²) in [6.45, 7) is 7.30. The number of aliphatic carboxylic acids is 1. The van der Waals surface area contributed by atoms with Gasteiger partial charge in [0.05, 0.1) is 0 Å². The van der Waals surface area contributed by atoms with Crippen molar-refractivity contribution in [3.05, 3.63) is 0 Å². The Morgan fingerprint density at radius 3 is 2.41 bits per heavy atom. The van der Waals surface area contributed by atoms with Crippen LogP contribution in [0.2, 0.25) is 0 Å². The van der Waals surface area contributed by atoms with Crippen LogP contribution in [0.4, 0.5) is 4.79 Å². The van der Waals surface area contributed by atoms with Crippen molar-refractivity contribution >= 4 is 12.0 Å². The number of urea groups is 1. The molecular weight excluding hydrogens is 220 g/mol. The van der Waals surface area contributed by atoms with Crippen LogP contribution in [0.15, 0.2) is 0 Å². The molecule has 0 aromatic carbocycles. The molecule has 5 nitrogen and oxygen atoms in total. The number of carboxylic acids is 1. The molecule has 0 aliphatic rings. The normalized spacial score (nSPS) is 10.4. The predicted octanol–water partition coefficient (Wildman–Crippen LogP) is 2.07. The molecule has 0 fully saturated rings. The van der Waals surface area contributed by atoms with E-state index in [2.05, 4.69) is 5.32 Å². The van der Waals surface area contributed by atoms with Gasteiger partial charge in [0.2, 0.25) is 0 Å². The SMILES string of the molecule is CCCN(C(=O)NCCCCC(=O)O)C(C)C. The van der Waals surface area contributed by atoms with Crippen molar-refractivity contribution in [2.45, 2.75) is 52.5 Å². The molecule has 0 aromatic heterocycles. The molecular formula is C12H24N2O3. The zero-order chi connectivity index (χ0) is 13.3. The van der Waals surface area contributed by atoms with E-state index in [0.29, 0.717) is 19.4 Å². The van der Waals surface area contributed by atoms with Gasteiger partial charge in [-0.1, -0.05) is 6.92 Å². The van der Waals surface area contributed by atoms with Gasteiger partial charge in [0.25, 0.3) is 0 Å². The zero-order valence-corrected chi connectivity index (χ0v) is 11.0. The third-order valence-corrected chi connectivity index (χ3v) is 2.44. The first-order valence-corrected chi connectivity index (χ1v) is 6.25. The van der Waals surface area contributed by atoms with Gasteiger partial charge in [-0.15, -0.1) is 0 Å². The molecule has 100 valence electrons. The van der Waals surface area contributed by atoms with Crippen LogP contribution >= 0.6 is 0 Å². The highest BCUT2D eigenvalue weighted by Gasteiger charge is 2.14. The van der Waals surface area contributed by atoms with E-state index in [1.165, 1.54) is 0 Å². The van der Waals surface area contributed by atoms with Crippen LogP contribution in [0, 0.1) is 0 Å². The average molecular weight is 244 g/mol. The van der Waals surface area contributed by atoms with Gasteiger partial charge >= 0.3 is 12.0 Å². The van der Waals surface area contributed by atoms with Crippen molar-refractivity contribution in [2.24, 2.45) is 0 Å². The molecule has 0 aromatic rings. The standard InChI is InChI=1S/C12H24N2O3/c1-4-9-14(10(2)3)12(17)13-8-6-5-7-11(15)16/h10H,4-9H2,1-3H3,(H,13,17)(H,15,16). The van der Waals surface area contributed by atoms with Crippen LogP contribution in [0.3, 0.4) is 0 Å². The monoisotopic (exact) mass is 244 g/mol. The van der Waals surface area contributed by atoms with Crippen LogP contribution in [-0.4, -0.2) is 41.1 Å². The van der Waals surface area contributed by atoms with Gasteiger partial charge in [-0.3, -0.25) is 4.79 Å². The smallest absolute Gasteiger partial charge is 0.317 e. The molecule has 2 N–H and O–H groups in total. The van der Waals surface area contributed by atoms with Gasteiger partial charge in [-0.2, -0.15) is 0 Å². The summed E-state index contributed by atoms with van der Waals surface area (Å²) in [4.78, 5) is 23.8. The van der Waals surface area contributed by atoms with Crippen molar-refractivity contribution < 1.29 is 14.7 Å². The van der Waals surface area contributed by atoms with E-state index in [1.807, 2.05) is 20.8 Å². The lowest BCUT2D eigenvalue weighted by Gasteiger charge is -2.26. The first kappa shape index (κ1) is 15.7. The van der Waals surface area contributed by atoms with Crippen molar-refractivity contribution in [3.8, 4) is 0 Å². The van der Waals surface area contributed by atoms with E-state index in [4.69, 9.17) is 5.11 Å². The molecule has 0 aliphatic carbocycles. The summed E-state index contributed by atoms with van der Waals surface area (Å²) >= 11 is 0. The Labute approximate surface area is 103 Å². The van der Waals surface area contributed by atoms with Gasteiger partial charge in [-0.05, 0) is 33.1 Å². The molecule has 0 saturated heterocycles. The second-order valence-corrected chi connectivity index (χ2v) is 4.37. The minimum absolute atomic E-state index is 0.0582. The van der Waals surface area contributed by atoms with E-state index in [1.54, 1.807) is 4.90 Å². The largest absolute Gasteiger partial charge is 0.481 e. The highest BCUT2D eigenvalue weighted by molar-refractivity contribution is 5.74. The van der Waals surface area contributed by atoms with Crippen molar-refractivity contribution in [1.82, 2.24) is 10.2 Å². The fourth-order valence-electron chi connectivity index (χ4n) is 1.53. The molecule has 0 spiro atoms. The van der Waals surface area contributed by atoms with E-state index in [9.17, 15) is 9.59 Å². The molecule has 0 saturated carbocycles. The number of carbonyl (C=O) groups is 2. The second kappa shape index (κ2) is 8.84. The zero-order valence-electron chi connectivity index (χ0n) is 11.0. The summed E-state index contributed by atoms with van der Waals surface area (Å²) in [5.74, 6) is -0.786. The Bertz CT molecular complexity index is 242. The number of nitrogens with one attached hydrogen (secondary N) is 1. The lowest BCUT2D eigenvalue weighted by atomic mass is 10.2. The Morgan fingerprint density at radius 1 is 1.29 bits per heavy atom. The summed E-state index contributed by atoms with van der Waals surface area (Å²) < 4.78 is 0. The van der Waals surface area contributed by atoms with E-state index < -0.39 is 5.97 Å². The van der Waals surface area contributed by atoms with E-state index >= 15 is 0 Å². The summed E-state index contributed by atoms with van der Waals surface area (Å²) in [5, 5.41) is 11.3. The van der Waals surface area contributed by atoms with Crippen molar-refractivity contribution in [1.29, 1.82) is 0 Å². The molecule has 0 atom stereocenters. The van der Waals surface area contributed by atoms with Crippen LogP contribution in [0.5, 0.6) is 0 Å². The van der Waals surface area contributed by atoms with Crippen LogP contribution in [0.1, 0.15) is 46.5 Å². The van der Waals surface area contributed by atoms with Gasteiger partial charge in [-0.25, -0.2) is 4.79 Å². The quantitative estimate of drug-likeness (QED) is 0.642. The fraction of sp³-hybridized carbons (Fsp3) is 0.833. The third-order valence-electron chi connectivity index (χ3n) is 2.44. The van der Waals surface area contributed by atoms with Gasteiger partial charge in [0.1, 0.15) is 0 Å². The number of unbranched alkanes of at least 4 members (excludes halogenated alkanes) is 1. The van der Waals surface area contributed by atoms with Crippen molar-refractivity contribution in [2.75, 3.05) is 13.1 Å². The van der Waals surface area contributed by atoms with E-state index in [-0.39, 0.29) is 18.5 Å². The summed E-state index contributed by atoms with van der Waals surface area (Å²) in [6, 6.07) is 0.131. The van der Waals surface area contributed by atoms with Gasteiger partial charge in [0, 0.05) is 25.6 Å². The highest BCUT2D eigenvalue weighted by Crippen LogP contribution is 2.01. The maximum absolute atomic E-state index is 11.8. The van der Waals surface area contributed by atoms with Crippen LogP contribution < -0.4 is 5.32 Å². The number of carboxylic acid groups (broad SMARTS) is 1. The topological polar surface area (TPSA) is 69.6 Å². The minimum atomic E-state index is -0.786. The molecule has 0 rings (SSSR count). The highest BCUT2D eigenvalue weighted by atomic mass is 16.4. The third kappa shape index (κ3) is 7.60. The first-order valence-electron chi connectivity index (χ1n) is 6.25. The molecule has 0 unspecified atom stereocenters. The maximum Gasteiger partial charge on any atom is 0.317 e. The second-order valence-electron chi connectivity index (χ2n) is 4.37. The first-order chi connectivity index (χ1) is 7.99. The van der Waals surface area contributed by atoms with Gasteiger partial charge < -0.3 is 15.3 Å². The number of amides is 2. The lowest BCUT2D eigenvalue weighted by Crippen LogP contribution is -2.44. The molecule has 2 amide bonds. The number of hydrogen-bond donors (Lipinski definition) is 2. The lowest BCUT2D eigenvalue weighted by molar-refractivity contribution is -0.137. The summed E-state index contributed by atoms with van der Waals surface area (Å²) in [5.41, 5.74) is 0. The summed E-state index contributed by atoms with van der Waals surface area (Å²) in [6.07, 6.45) is 2.41. The molecule has 0 heterocycles. The van der Waals surface area contributed by atoms with Gasteiger partial charge in [0.15, 0.2) is 0 Å². The Kier molecular flexibility index (Phi) is 8.19. The minimum Gasteiger partial charge on any atom is -0.481 e. The van der Waals surface area contributed by atoms with E-state index in [0.717, 1.165) is 13.0 Å². The number of rotatable bonds is 8. The van der Waals surface area contributed by atoms with Crippen LogP contribution in [-0.2, 0) is 4.79 Å². The maximum atomic E-state index is 11.8. The number of nitrogens with zero attached hydrogens (tertiary/aromatic N) is 1. The molecule has 17 heavy (non-hydrogen) atoms. The predicted molar refractivity (Wildman–Crippen MR) is 67.0 cm³/mol. The number of hydrogen-bond acceptors (Lipinski definition) is 2. The fourth-order valence-corrected chi connectivity index (χ4v) is 1.53. The Balaban J connectivity index is 3.78. The molecule has 0 radical (unpaired) electrons. The Morgan fingerprint density at radius 2 is 1.94 bits per heavy atom. The molecule has 5 heteroatoms. The molecule has 0 bridgehead atoms. The summed E-state index contributed by atoms with van der Waals surface area (Å²) in [7, 11) is 0. The average Bonchev–Trinajstić information content (AvgIpc) is 2.24. The van der Waals surface area contributed by atoms with Crippen molar-refractivity contribution in [3.63, 3.8) is 0 Å². The molecule has 0 aliphatic heterocycles.